The number of rotatable bonds is 15. The number of nitrogens with zero attached hydrogens (tertiary/aromatic N) is 1. The van der Waals surface area contributed by atoms with Gasteiger partial charge < -0.3 is 26.8 Å². The maximum absolute atomic E-state index is 14.8. The van der Waals surface area contributed by atoms with Gasteiger partial charge in [0.2, 0.25) is 5.91 Å². The van der Waals surface area contributed by atoms with Crippen LogP contribution in [0.2, 0.25) is 0 Å². The molecule has 59 heavy (non-hydrogen) atoms. The first kappa shape index (κ1) is 43.5. The quantitative estimate of drug-likeness (QED) is 0.101. The number of ketones is 1. The maximum Gasteiger partial charge on any atom is 0.410 e. The largest absolute Gasteiger partial charge is 0.477 e. The Hall–Kier alpha value is -5.09. The smallest absolute Gasteiger partial charge is 0.410 e. The Kier molecular flexibility index (Phi) is 13.0. The van der Waals surface area contributed by atoms with Crippen molar-refractivity contribution in [2.75, 3.05) is 25.0 Å². The Bertz CT molecular complexity index is 2100. The Morgan fingerprint density at radius 1 is 0.898 bits per heavy atom. The van der Waals surface area contributed by atoms with Crippen molar-refractivity contribution in [3.05, 3.63) is 82.9 Å². The maximum atomic E-state index is 14.8. The lowest BCUT2D eigenvalue weighted by Gasteiger charge is -2.30. The molecule has 1 saturated carbocycles. The molecule has 0 unspecified atom stereocenters. The molecule has 3 aromatic rings. The SMILES string of the molecule is Cc1cc(C(=O)NC2CCNCC2)ccc1-c1ccc(C[C@H](CC(=O)C2CCC(CN)CC2)C(=O)Nc2ccc3c(c2)N=C(C(F)(F)C(F)(F)C(F)(F)C(=O)O)C3)cc1. The molecule has 316 valence electrons. The molecule has 1 aliphatic carbocycles. The number of amides is 2. The number of fused-ring (bicyclic) bond motifs is 1. The van der Waals surface area contributed by atoms with Gasteiger partial charge in [0, 0.05) is 42.0 Å². The van der Waals surface area contributed by atoms with Crippen LogP contribution in [-0.2, 0) is 27.2 Å². The van der Waals surface area contributed by atoms with Gasteiger partial charge in [0.25, 0.3) is 5.91 Å². The third kappa shape index (κ3) is 9.38. The monoisotopic (exact) mass is 827 g/mol. The Morgan fingerprint density at radius 2 is 1.58 bits per heavy atom. The summed E-state index contributed by atoms with van der Waals surface area (Å²) in [5, 5.41) is 17.6. The van der Waals surface area contributed by atoms with E-state index in [9.17, 15) is 45.5 Å². The van der Waals surface area contributed by atoms with E-state index in [4.69, 9.17) is 10.8 Å². The summed E-state index contributed by atoms with van der Waals surface area (Å²) in [4.78, 5) is 54.6. The number of hydrogen-bond acceptors (Lipinski definition) is 7. The average Bonchev–Trinajstić information content (AvgIpc) is 3.65. The molecular weight excluding hydrogens is 780 g/mol. The number of benzene rings is 3. The average molecular weight is 828 g/mol. The molecule has 1 atom stereocenters. The number of aliphatic carboxylic acids is 1. The minimum atomic E-state index is -6.29. The van der Waals surface area contributed by atoms with Crippen LogP contribution in [0.1, 0.15) is 72.0 Å². The summed E-state index contributed by atoms with van der Waals surface area (Å²) in [5.41, 5.74) is 7.87. The summed E-state index contributed by atoms with van der Waals surface area (Å²) >= 11 is 0. The van der Waals surface area contributed by atoms with E-state index < -0.39 is 47.7 Å². The number of alkyl halides is 6. The number of carbonyl (C=O) groups excluding carboxylic acids is 3. The summed E-state index contributed by atoms with van der Waals surface area (Å²) in [6.45, 7) is 4.16. The van der Waals surface area contributed by atoms with Crippen molar-refractivity contribution in [2.45, 2.75) is 88.5 Å². The second kappa shape index (κ2) is 17.6. The highest BCUT2D eigenvalue weighted by Gasteiger charge is 2.77. The molecule has 2 fully saturated rings. The highest BCUT2D eigenvalue weighted by atomic mass is 19.3. The van der Waals surface area contributed by atoms with Crippen LogP contribution < -0.4 is 21.7 Å². The second-order valence-corrected chi connectivity index (χ2v) is 15.8. The predicted octanol–water partition coefficient (Wildman–Crippen LogP) is 7.28. The van der Waals surface area contributed by atoms with E-state index >= 15 is 0 Å². The van der Waals surface area contributed by atoms with Crippen molar-refractivity contribution in [1.82, 2.24) is 10.6 Å². The molecule has 0 spiro atoms. The number of halogens is 6. The van der Waals surface area contributed by atoms with Gasteiger partial charge in [-0.3, -0.25) is 19.4 Å². The molecule has 2 amide bonds. The Balaban J connectivity index is 1.18. The lowest BCUT2D eigenvalue weighted by atomic mass is 9.77. The first-order valence-corrected chi connectivity index (χ1v) is 19.7. The Labute approximate surface area is 337 Å². The normalized spacial score (nSPS) is 19.4. The number of aryl methyl sites for hydroxylation is 1. The van der Waals surface area contributed by atoms with Crippen LogP contribution in [0.5, 0.6) is 0 Å². The number of carboxylic acids is 1. The predicted molar refractivity (Wildman–Crippen MR) is 210 cm³/mol. The zero-order chi connectivity index (χ0) is 42.7. The van der Waals surface area contributed by atoms with Gasteiger partial charge in [0.15, 0.2) is 0 Å². The van der Waals surface area contributed by atoms with Crippen LogP contribution in [0.3, 0.4) is 0 Å². The lowest BCUT2D eigenvalue weighted by molar-refractivity contribution is -0.281. The molecule has 0 bridgehead atoms. The summed E-state index contributed by atoms with van der Waals surface area (Å²) in [5.74, 6) is -23.0. The molecular formula is C43H47F6N5O5. The minimum Gasteiger partial charge on any atom is -0.477 e. The summed E-state index contributed by atoms with van der Waals surface area (Å²) in [6.07, 6.45) is 3.72. The van der Waals surface area contributed by atoms with Crippen molar-refractivity contribution in [2.24, 2.45) is 28.5 Å². The van der Waals surface area contributed by atoms with Gasteiger partial charge in [-0.25, -0.2) is 4.79 Å². The highest BCUT2D eigenvalue weighted by Crippen LogP contribution is 2.49. The van der Waals surface area contributed by atoms with Crippen LogP contribution in [-0.4, -0.2) is 77.8 Å². The van der Waals surface area contributed by atoms with Gasteiger partial charge in [-0.15, -0.1) is 0 Å². The molecule has 3 aliphatic rings. The number of nitrogens with two attached hydrogens (primary N) is 1. The third-order valence-corrected chi connectivity index (χ3v) is 11.7. The number of piperidine rings is 1. The van der Waals surface area contributed by atoms with Gasteiger partial charge >= 0.3 is 23.7 Å². The van der Waals surface area contributed by atoms with Gasteiger partial charge in [-0.05, 0) is 130 Å². The van der Waals surface area contributed by atoms with E-state index in [-0.39, 0.29) is 53.4 Å². The topological polar surface area (TPSA) is 163 Å². The third-order valence-electron chi connectivity index (χ3n) is 11.7. The van der Waals surface area contributed by atoms with Crippen LogP contribution in [0.25, 0.3) is 11.1 Å². The molecule has 0 aromatic heterocycles. The van der Waals surface area contributed by atoms with Gasteiger partial charge in [0.05, 0.1) is 11.4 Å². The van der Waals surface area contributed by atoms with Crippen LogP contribution in [0.15, 0.2) is 65.7 Å². The first-order valence-electron chi connectivity index (χ1n) is 19.7. The fourth-order valence-electron chi connectivity index (χ4n) is 8.05. The molecule has 2 heterocycles. The lowest BCUT2D eigenvalue weighted by Crippen LogP contribution is -2.61. The zero-order valence-corrected chi connectivity index (χ0v) is 32.4. The number of carboxylic acid groups (broad SMARTS) is 1. The Morgan fingerprint density at radius 3 is 2.20 bits per heavy atom. The summed E-state index contributed by atoms with van der Waals surface area (Å²) < 4.78 is 85.5. The minimum absolute atomic E-state index is 0.0302. The highest BCUT2D eigenvalue weighted by molar-refractivity contribution is 6.02. The number of hydrogen-bond donors (Lipinski definition) is 5. The van der Waals surface area contributed by atoms with Crippen molar-refractivity contribution in [3.63, 3.8) is 0 Å². The van der Waals surface area contributed by atoms with Gasteiger partial charge in [-0.1, -0.05) is 36.4 Å². The van der Waals surface area contributed by atoms with Crippen LogP contribution in [0, 0.1) is 24.7 Å². The van der Waals surface area contributed by atoms with Crippen molar-refractivity contribution < 1.29 is 50.6 Å². The van der Waals surface area contributed by atoms with E-state index in [1.54, 1.807) is 6.07 Å². The number of aliphatic imine (C=N–C) groups is 1. The molecule has 1 saturated heterocycles. The fourth-order valence-corrected chi connectivity index (χ4v) is 8.05. The van der Waals surface area contributed by atoms with Crippen molar-refractivity contribution >= 4 is 40.7 Å². The van der Waals surface area contributed by atoms with Gasteiger partial charge in [0.1, 0.15) is 5.78 Å². The molecule has 6 rings (SSSR count). The number of anilines is 1. The molecule has 6 N–H and O–H groups in total. The first-order chi connectivity index (χ1) is 27.9. The molecule has 0 radical (unpaired) electrons. The standard InChI is InChI=1S/C43H47F6N5O5/c1-24-18-30(38(56)52-32-14-16-51-17-15-32)11-13-34(24)27-6-2-25(3-7-27)19-31(20-36(55)28-8-4-26(23-50)5-9-28)39(57)53-33-12-10-29-21-37(54-35(29)22-33)41(44,45)43(48,49)42(46,47)40(58)59/h2-3,6-7,10-13,18,22,26,28,31-32,51H,4-5,8-9,14-17,19-21,23,50H2,1H3,(H,52,56)(H,53,57)(H,58,59)/t26?,28?,31-/m1/s1. The molecule has 16 heteroatoms. The second-order valence-electron chi connectivity index (χ2n) is 15.8. The van der Waals surface area contributed by atoms with Gasteiger partial charge in [-0.2, -0.15) is 26.3 Å². The molecule has 2 aliphatic heterocycles. The van der Waals surface area contributed by atoms with E-state index in [1.807, 2.05) is 43.3 Å². The number of Topliss-reactive ketones (excluding diaryl/α,β-unsaturated/α-hetero) is 1. The number of carbonyl (C=O) groups is 4. The van der Waals surface area contributed by atoms with E-state index in [0.717, 1.165) is 67.1 Å². The van der Waals surface area contributed by atoms with Crippen molar-refractivity contribution in [3.8, 4) is 11.1 Å². The van der Waals surface area contributed by atoms with Crippen LogP contribution >= 0.6 is 0 Å². The van der Waals surface area contributed by atoms with Crippen molar-refractivity contribution in [1.29, 1.82) is 0 Å². The molecule has 10 nitrogen and oxygen atoms in total. The number of nitrogens with one attached hydrogen (secondary N) is 3. The summed E-state index contributed by atoms with van der Waals surface area (Å²) in [7, 11) is 0. The van der Waals surface area contributed by atoms with E-state index in [0.29, 0.717) is 30.9 Å². The zero-order valence-electron chi connectivity index (χ0n) is 32.4. The van der Waals surface area contributed by atoms with E-state index in [1.165, 1.54) is 12.1 Å². The molecule has 3 aromatic carbocycles. The fraction of sp³-hybridized carbons (Fsp3) is 0.465. The van der Waals surface area contributed by atoms with E-state index in [2.05, 4.69) is 20.9 Å². The van der Waals surface area contributed by atoms with Crippen LogP contribution in [0.4, 0.5) is 37.7 Å². The summed E-state index contributed by atoms with van der Waals surface area (Å²) in [6, 6.07) is 16.8.